The molecule has 11 heteroatoms. The van der Waals surface area contributed by atoms with Crippen LogP contribution in [0, 0.1) is 5.82 Å². The minimum absolute atomic E-state index is 0.0575. The largest absolute Gasteiger partial charge is 0.490 e. The van der Waals surface area contributed by atoms with Gasteiger partial charge in [-0.3, -0.25) is 0 Å². The number of rotatable bonds is 8. The monoisotopic (exact) mass is 525 g/mol. The van der Waals surface area contributed by atoms with E-state index < -0.39 is 16.1 Å². The van der Waals surface area contributed by atoms with Gasteiger partial charge in [0, 0.05) is 17.8 Å². The van der Waals surface area contributed by atoms with E-state index >= 15 is 0 Å². The van der Waals surface area contributed by atoms with Crippen LogP contribution in [0.5, 0.6) is 5.75 Å². The maximum atomic E-state index is 13.3. The first-order valence-electron chi connectivity index (χ1n) is 11.0. The zero-order valence-corrected chi connectivity index (χ0v) is 20.6. The summed E-state index contributed by atoms with van der Waals surface area (Å²) in [4.78, 5) is 0.137. The number of aromatic nitrogens is 4. The minimum Gasteiger partial charge on any atom is -0.490 e. The first-order valence-corrected chi connectivity index (χ1v) is 12.8. The van der Waals surface area contributed by atoms with Gasteiger partial charge < -0.3 is 4.74 Å². The lowest BCUT2D eigenvalue weighted by molar-refractivity contribution is 0.288. The predicted octanol–water partition coefficient (Wildman–Crippen LogP) is 4.75. The quantitative estimate of drug-likeness (QED) is 0.316. The van der Waals surface area contributed by atoms with Crippen molar-refractivity contribution in [1.82, 2.24) is 24.3 Å². The Balaban J connectivity index is 1.26. The zero-order chi connectivity index (χ0) is 25.3. The van der Waals surface area contributed by atoms with Crippen molar-refractivity contribution in [3.05, 3.63) is 96.2 Å². The fourth-order valence-electron chi connectivity index (χ4n) is 3.71. The topological polar surface area (TPSA) is 91.0 Å². The Bertz CT molecular complexity index is 1600. The highest BCUT2D eigenvalue weighted by Crippen LogP contribution is 2.31. The van der Waals surface area contributed by atoms with Crippen LogP contribution in [-0.2, 0) is 10.0 Å². The summed E-state index contributed by atoms with van der Waals surface area (Å²) in [5, 5.41) is 9.60. The maximum absolute atomic E-state index is 13.3. The highest BCUT2D eigenvalue weighted by molar-refractivity contribution is 7.89. The van der Waals surface area contributed by atoms with Gasteiger partial charge in [-0.15, -0.1) is 0 Å². The van der Waals surface area contributed by atoms with E-state index in [-0.39, 0.29) is 17.3 Å². The molecule has 0 fully saturated rings. The van der Waals surface area contributed by atoms with E-state index in [2.05, 4.69) is 14.9 Å². The lowest BCUT2D eigenvalue weighted by Crippen LogP contribution is -2.36. The molecule has 0 saturated carbocycles. The number of sulfonamides is 1. The number of nitrogens with one attached hydrogen (secondary N) is 1. The van der Waals surface area contributed by atoms with Gasteiger partial charge in [-0.05, 0) is 73.7 Å². The van der Waals surface area contributed by atoms with Gasteiger partial charge in [0.1, 0.15) is 18.2 Å². The highest BCUT2D eigenvalue weighted by atomic mass is 35.5. The summed E-state index contributed by atoms with van der Waals surface area (Å²) in [5.74, 6) is 0.0670. The Morgan fingerprint density at radius 1 is 1.06 bits per heavy atom. The van der Waals surface area contributed by atoms with Crippen molar-refractivity contribution in [3.63, 3.8) is 0 Å². The number of halogens is 2. The van der Waals surface area contributed by atoms with Crippen LogP contribution >= 0.6 is 11.6 Å². The first-order chi connectivity index (χ1) is 17.3. The summed E-state index contributed by atoms with van der Waals surface area (Å²) in [6.07, 6.45) is 5.08. The molecule has 0 unspecified atom stereocenters. The second kappa shape index (κ2) is 9.73. The molecule has 184 valence electrons. The van der Waals surface area contributed by atoms with Crippen molar-refractivity contribution >= 4 is 32.5 Å². The molecular formula is C25H21ClFN5O3S. The van der Waals surface area contributed by atoms with Gasteiger partial charge in [-0.2, -0.15) is 10.2 Å². The van der Waals surface area contributed by atoms with Gasteiger partial charge in [0.15, 0.2) is 0 Å². The standard InChI is InChI=1S/C25H21ClFN5O3S/c1-17(30-36(33,34)22-9-7-20(8-10-22)31-12-2-11-28-31)16-35-25-13-18-15-29-32(24(18)14-23(25)26)21-5-3-19(27)4-6-21/h2-15,17,30H,16H2,1H3/t17-/m0/s1. The van der Waals surface area contributed by atoms with Crippen LogP contribution in [0.25, 0.3) is 22.3 Å². The summed E-state index contributed by atoms with van der Waals surface area (Å²) < 4.78 is 50.6. The van der Waals surface area contributed by atoms with Crippen molar-refractivity contribution < 1.29 is 17.5 Å². The van der Waals surface area contributed by atoms with Crippen molar-refractivity contribution in [2.75, 3.05) is 6.61 Å². The molecule has 0 saturated heterocycles. The number of hydrogen-bond donors (Lipinski definition) is 1. The van der Waals surface area contributed by atoms with Crippen LogP contribution in [0.2, 0.25) is 5.02 Å². The summed E-state index contributed by atoms with van der Waals surface area (Å²) in [6.45, 7) is 1.76. The molecule has 0 aliphatic heterocycles. The Labute approximate surface area is 211 Å². The summed E-state index contributed by atoms with van der Waals surface area (Å²) in [6, 6.07) is 17.1. The van der Waals surface area contributed by atoms with Crippen molar-refractivity contribution in [3.8, 4) is 17.1 Å². The van der Waals surface area contributed by atoms with Crippen LogP contribution in [-0.4, -0.2) is 40.6 Å². The second-order valence-electron chi connectivity index (χ2n) is 8.15. The Kier molecular flexibility index (Phi) is 6.48. The van der Waals surface area contributed by atoms with Crippen LogP contribution in [0.3, 0.4) is 0 Å². The Morgan fingerprint density at radius 3 is 2.47 bits per heavy atom. The molecule has 3 aromatic carbocycles. The first kappa shape index (κ1) is 24.0. The lowest BCUT2D eigenvalue weighted by atomic mass is 10.2. The minimum atomic E-state index is -3.76. The number of hydrogen-bond acceptors (Lipinski definition) is 5. The van der Waals surface area contributed by atoms with E-state index in [1.165, 1.54) is 24.3 Å². The van der Waals surface area contributed by atoms with E-state index in [0.717, 1.165) is 16.6 Å². The molecule has 0 aliphatic carbocycles. The van der Waals surface area contributed by atoms with Crippen LogP contribution < -0.4 is 9.46 Å². The average molecular weight is 526 g/mol. The summed E-state index contributed by atoms with van der Waals surface area (Å²) in [5.41, 5.74) is 2.17. The fourth-order valence-corrected chi connectivity index (χ4v) is 5.15. The van der Waals surface area contributed by atoms with E-state index in [0.29, 0.717) is 16.5 Å². The molecule has 0 bridgehead atoms. The van der Waals surface area contributed by atoms with Gasteiger partial charge in [0.25, 0.3) is 0 Å². The normalized spacial score (nSPS) is 12.6. The second-order valence-corrected chi connectivity index (χ2v) is 10.3. The van der Waals surface area contributed by atoms with Gasteiger partial charge >= 0.3 is 0 Å². The third-order valence-corrected chi connectivity index (χ3v) is 7.35. The van der Waals surface area contributed by atoms with E-state index in [1.807, 2.05) is 0 Å². The van der Waals surface area contributed by atoms with Gasteiger partial charge in [-0.25, -0.2) is 26.9 Å². The number of benzene rings is 3. The molecule has 1 atom stereocenters. The SMILES string of the molecule is C[C@@H](COc1cc2cnn(-c3ccc(F)cc3)c2cc1Cl)NS(=O)(=O)c1ccc(-n2cccn2)cc1. The average Bonchev–Trinajstić information content (AvgIpc) is 3.53. The van der Waals surface area contributed by atoms with Crippen LogP contribution in [0.15, 0.2) is 90.2 Å². The van der Waals surface area contributed by atoms with E-state index in [1.54, 1.807) is 77.3 Å². The zero-order valence-electron chi connectivity index (χ0n) is 19.0. The van der Waals surface area contributed by atoms with E-state index in [4.69, 9.17) is 16.3 Å². The molecule has 0 radical (unpaired) electrons. The highest BCUT2D eigenvalue weighted by Gasteiger charge is 2.19. The molecule has 0 amide bonds. The fraction of sp³-hybridized carbons (Fsp3) is 0.120. The maximum Gasteiger partial charge on any atom is 0.240 e. The molecule has 36 heavy (non-hydrogen) atoms. The molecule has 1 N–H and O–H groups in total. The molecular weight excluding hydrogens is 505 g/mol. The van der Waals surface area contributed by atoms with Crippen LogP contribution in [0.1, 0.15) is 6.92 Å². The number of fused-ring (bicyclic) bond motifs is 1. The number of nitrogens with zero attached hydrogens (tertiary/aromatic N) is 4. The third kappa shape index (κ3) is 4.97. The van der Waals surface area contributed by atoms with Crippen LogP contribution in [0.4, 0.5) is 4.39 Å². The number of ether oxygens (including phenoxy) is 1. The van der Waals surface area contributed by atoms with E-state index in [9.17, 15) is 12.8 Å². The smallest absolute Gasteiger partial charge is 0.240 e. The molecule has 2 heterocycles. The third-order valence-electron chi connectivity index (χ3n) is 5.45. The molecule has 2 aromatic heterocycles. The summed E-state index contributed by atoms with van der Waals surface area (Å²) in [7, 11) is -3.76. The lowest BCUT2D eigenvalue weighted by Gasteiger charge is -2.16. The molecule has 8 nitrogen and oxygen atoms in total. The molecule has 0 aliphatic rings. The Hall–Kier alpha value is -3.73. The molecule has 5 rings (SSSR count). The molecule has 5 aromatic rings. The van der Waals surface area contributed by atoms with Gasteiger partial charge in [0.2, 0.25) is 10.0 Å². The summed E-state index contributed by atoms with van der Waals surface area (Å²) >= 11 is 6.44. The van der Waals surface area contributed by atoms with Crippen molar-refractivity contribution in [2.45, 2.75) is 17.9 Å². The van der Waals surface area contributed by atoms with Crippen molar-refractivity contribution in [1.29, 1.82) is 0 Å². The van der Waals surface area contributed by atoms with Gasteiger partial charge in [-0.1, -0.05) is 11.6 Å². The molecule has 0 spiro atoms. The predicted molar refractivity (Wildman–Crippen MR) is 135 cm³/mol. The van der Waals surface area contributed by atoms with Gasteiger partial charge in [0.05, 0.1) is 39.0 Å². The Morgan fingerprint density at radius 2 is 1.78 bits per heavy atom. The van der Waals surface area contributed by atoms with Crippen molar-refractivity contribution in [2.24, 2.45) is 0 Å².